The maximum absolute atomic E-state index is 12.6. The van der Waals surface area contributed by atoms with Gasteiger partial charge in [0.1, 0.15) is 10.8 Å². The van der Waals surface area contributed by atoms with E-state index < -0.39 is 5.60 Å². The molecule has 2 heterocycles. The number of nitrogens with zero attached hydrogens (tertiary/aromatic N) is 2. The van der Waals surface area contributed by atoms with Gasteiger partial charge in [0, 0.05) is 20.1 Å². The molecule has 1 unspecified atom stereocenters. The number of hydrogen-bond acceptors (Lipinski definition) is 3. The summed E-state index contributed by atoms with van der Waals surface area (Å²) in [5, 5.41) is 9.97. The fraction of sp³-hybridized carbons (Fsp3) is 0.615. The third-order valence-electron chi connectivity index (χ3n) is 3.31. The summed E-state index contributed by atoms with van der Waals surface area (Å²) in [7, 11) is 1.69. The SMILES string of the molecule is Cn1c(C(=O)N2CC(CO)OC(C)(C)C2)cc(Cl)c1Cl. The lowest BCUT2D eigenvalue weighted by molar-refractivity contribution is -0.139. The van der Waals surface area contributed by atoms with Crippen molar-refractivity contribution >= 4 is 29.1 Å². The van der Waals surface area contributed by atoms with E-state index in [2.05, 4.69) is 0 Å². The molecule has 1 aliphatic heterocycles. The van der Waals surface area contributed by atoms with E-state index in [1.165, 1.54) is 0 Å². The van der Waals surface area contributed by atoms with Gasteiger partial charge in [-0.3, -0.25) is 4.79 Å². The lowest BCUT2D eigenvalue weighted by Gasteiger charge is -2.42. The van der Waals surface area contributed by atoms with E-state index in [1.54, 1.807) is 22.6 Å². The van der Waals surface area contributed by atoms with Crippen LogP contribution in [0, 0.1) is 0 Å². The van der Waals surface area contributed by atoms with Gasteiger partial charge in [0.25, 0.3) is 5.91 Å². The standard InChI is InChI=1S/C13H18Cl2N2O3/c1-13(2)7-17(5-8(6-18)20-13)12(19)10-4-9(14)11(15)16(10)3/h4,8,18H,5-7H2,1-3H3. The minimum Gasteiger partial charge on any atom is -0.394 e. The first kappa shape index (κ1) is 15.6. The van der Waals surface area contributed by atoms with Crippen molar-refractivity contribution in [1.29, 1.82) is 0 Å². The highest BCUT2D eigenvalue weighted by Crippen LogP contribution is 2.28. The first-order valence-electron chi connectivity index (χ1n) is 6.34. The largest absolute Gasteiger partial charge is 0.394 e. The zero-order valence-corrected chi connectivity index (χ0v) is 13.2. The van der Waals surface area contributed by atoms with E-state index in [0.29, 0.717) is 29.0 Å². The Hall–Kier alpha value is -0.750. The molecule has 1 atom stereocenters. The number of amides is 1. The van der Waals surface area contributed by atoms with Crippen molar-refractivity contribution in [2.75, 3.05) is 19.7 Å². The molecule has 1 saturated heterocycles. The van der Waals surface area contributed by atoms with Crippen LogP contribution in [0.15, 0.2) is 6.07 Å². The molecular weight excluding hydrogens is 303 g/mol. The van der Waals surface area contributed by atoms with E-state index in [1.807, 2.05) is 13.8 Å². The van der Waals surface area contributed by atoms with Crippen LogP contribution < -0.4 is 0 Å². The van der Waals surface area contributed by atoms with E-state index in [0.717, 1.165) is 0 Å². The molecule has 20 heavy (non-hydrogen) atoms. The number of carbonyl (C=O) groups excluding carboxylic acids is 1. The molecule has 7 heteroatoms. The Kier molecular flexibility index (Phi) is 4.35. The van der Waals surface area contributed by atoms with Crippen LogP contribution in [-0.4, -0.2) is 51.9 Å². The van der Waals surface area contributed by atoms with Crippen molar-refractivity contribution < 1.29 is 14.6 Å². The van der Waals surface area contributed by atoms with E-state index in [9.17, 15) is 9.90 Å². The highest BCUT2D eigenvalue weighted by molar-refractivity contribution is 6.41. The molecule has 0 saturated carbocycles. The van der Waals surface area contributed by atoms with Gasteiger partial charge < -0.3 is 19.3 Å². The zero-order valence-electron chi connectivity index (χ0n) is 11.7. The normalized spacial score (nSPS) is 22.1. The van der Waals surface area contributed by atoms with Gasteiger partial charge in [-0.2, -0.15) is 0 Å². The van der Waals surface area contributed by atoms with Crippen molar-refractivity contribution in [3.63, 3.8) is 0 Å². The third kappa shape index (κ3) is 2.96. The molecule has 0 radical (unpaired) electrons. The minimum atomic E-state index is -0.500. The molecular formula is C13H18Cl2N2O3. The van der Waals surface area contributed by atoms with Crippen LogP contribution in [0.5, 0.6) is 0 Å². The van der Waals surface area contributed by atoms with E-state index in [-0.39, 0.29) is 18.6 Å². The minimum absolute atomic E-state index is 0.123. The lowest BCUT2D eigenvalue weighted by Crippen LogP contribution is -2.55. The number of rotatable bonds is 2. The molecule has 112 valence electrons. The number of ether oxygens (including phenoxy) is 1. The van der Waals surface area contributed by atoms with Crippen molar-refractivity contribution in [1.82, 2.24) is 9.47 Å². The summed E-state index contributed by atoms with van der Waals surface area (Å²) >= 11 is 11.9. The Morgan fingerprint density at radius 2 is 2.20 bits per heavy atom. The van der Waals surface area contributed by atoms with Gasteiger partial charge in [0.05, 0.1) is 23.3 Å². The Morgan fingerprint density at radius 1 is 1.55 bits per heavy atom. The average molecular weight is 321 g/mol. The number of aliphatic hydroxyl groups is 1. The Bertz CT molecular complexity index is 528. The maximum atomic E-state index is 12.6. The highest BCUT2D eigenvalue weighted by Gasteiger charge is 2.36. The van der Waals surface area contributed by atoms with Gasteiger partial charge in [-0.1, -0.05) is 23.2 Å². The van der Waals surface area contributed by atoms with Crippen LogP contribution >= 0.6 is 23.2 Å². The molecule has 0 aromatic carbocycles. The summed E-state index contributed by atoms with van der Waals surface area (Å²) in [6.45, 7) is 4.45. The molecule has 0 spiro atoms. The monoisotopic (exact) mass is 320 g/mol. The van der Waals surface area contributed by atoms with Crippen LogP contribution in [0.1, 0.15) is 24.3 Å². The molecule has 1 amide bonds. The molecule has 1 aliphatic rings. The van der Waals surface area contributed by atoms with Gasteiger partial charge in [0.2, 0.25) is 0 Å². The Balaban J connectivity index is 2.26. The molecule has 2 rings (SSSR count). The molecule has 1 aromatic rings. The van der Waals surface area contributed by atoms with Crippen LogP contribution in [0.2, 0.25) is 10.2 Å². The van der Waals surface area contributed by atoms with Gasteiger partial charge in [-0.15, -0.1) is 0 Å². The third-order valence-corrected chi connectivity index (χ3v) is 4.15. The molecule has 5 nitrogen and oxygen atoms in total. The predicted octanol–water partition coefficient (Wildman–Crippen LogP) is 1.94. The quantitative estimate of drug-likeness (QED) is 0.906. The summed E-state index contributed by atoms with van der Waals surface area (Å²) in [5.74, 6) is -0.170. The van der Waals surface area contributed by atoms with Crippen molar-refractivity contribution in [3.05, 3.63) is 21.9 Å². The second-order valence-electron chi connectivity index (χ2n) is 5.60. The number of aromatic nitrogens is 1. The smallest absolute Gasteiger partial charge is 0.270 e. The molecule has 0 bridgehead atoms. The van der Waals surface area contributed by atoms with Gasteiger partial charge in [0.15, 0.2) is 0 Å². The van der Waals surface area contributed by atoms with Crippen molar-refractivity contribution in [2.24, 2.45) is 7.05 Å². The summed E-state index contributed by atoms with van der Waals surface area (Å²) in [4.78, 5) is 14.2. The number of aliphatic hydroxyl groups excluding tert-OH is 1. The number of morpholine rings is 1. The number of halogens is 2. The molecule has 1 aromatic heterocycles. The second-order valence-corrected chi connectivity index (χ2v) is 6.36. The fourth-order valence-electron chi connectivity index (χ4n) is 2.46. The summed E-state index contributed by atoms with van der Waals surface area (Å²) in [5.41, 5.74) is -0.0746. The lowest BCUT2D eigenvalue weighted by atomic mass is 10.0. The number of carbonyl (C=O) groups is 1. The van der Waals surface area contributed by atoms with Crippen LogP contribution in [0.3, 0.4) is 0 Å². The van der Waals surface area contributed by atoms with Crippen LogP contribution in [0.25, 0.3) is 0 Å². The average Bonchev–Trinajstić information content (AvgIpc) is 2.63. The zero-order chi connectivity index (χ0) is 15.1. The second kappa shape index (κ2) is 5.56. The van der Waals surface area contributed by atoms with Crippen molar-refractivity contribution in [2.45, 2.75) is 25.6 Å². The predicted molar refractivity (Wildman–Crippen MR) is 77.4 cm³/mol. The Labute approximate surface area is 128 Å². The van der Waals surface area contributed by atoms with E-state index >= 15 is 0 Å². The summed E-state index contributed by atoms with van der Waals surface area (Å²) < 4.78 is 7.25. The topological polar surface area (TPSA) is 54.7 Å². The summed E-state index contributed by atoms with van der Waals surface area (Å²) in [6.07, 6.45) is -0.381. The first-order chi connectivity index (χ1) is 9.25. The van der Waals surface area contributed by atoms with Crippen molar-refractivity contribution in [3.8, 4) is 0 Å². The van der Waals surface area contributed by atoms with Gasteiger partial charge in [-0.25, -0.2) is 0 Å². The molecule has 1 N–H and O–H groups in total. The Morgan fingerprint density at radius 3 is 2.70 bits per heavy atom. The van der Waals surface area contributed by atoms with Crippen LogP contribution in [-0.2, 0) is 11.8 Å². The fourth-order valence-corrected chi connectivity index (χ4v) is 2.83. The number of hydrogen-bond donors (Lipinski definition) is 1. The molecule has 0 aliphatic carbocycles. The summed E-state index contributed by atoms with van der Waals surface area (Å²) in [6, 6.07) is 1.56. The van der Waals surface area contributed by atoms with Gasteiger partial charge in [-0.05, 0) is 19.9 Å². The van der Waals surface area contributed by atoms with Crippen LogP contribution in [0.4, 0.5) is 0 Å². The highest BCUT2D eigenvalue weighted by atomic mass is 35.5. The molecule has 1 fully saturated rings. The van der Waals surface area contributed by atoms with E-state index in [4.69, 9.17) is 27.9 Å². The van der Waals surface area contributed by atoms with Gasteiger partial charge >= 0.3 is 0 Å². The maximum Gasteiger partial charge on any atom is 0.270 e. The first-order valence-corrected chi connectivity index (χ1v) is 7.09.